The number of benzene rings is 2. The van der Waals surface area contributed by atoms with Crippen LogP contribution in [0.15, 0.2) is 85.1 Å². The number of hydrogen-bond donors (Lipinski definition) is 1. The van der Waals surface area contributed by atoms with E-state index < -0.39 is 0 Å². The second-order valence-corrected chi connectivity index (χ2v) is 5.02. The maximum Gasteiger partial charge on any atom is 0.248 e. The molecule has 2 aromatic carbocycles. The second kappa shape index (κ2) is 7.74. The molecule has 0 saturated heterocycles. The predicted octanol–water partition coefficient (Wildman–Crippen LogP) is 4.53. The Morgan fingerprint density at radius 1 is 0.917 bits per heavy atom. The average molecular weight is 316 g/mol. The van der Waals surface area contributed by atoms with Crippen molar-refractivity contribution in [3.8, 4) is 11.5 Å². The Labute approximate surface area is 140 Å². The van der Waals surface area contributed by atoms with Gasteiger partial charge < -0.3 is 10.1 Å². The number of nitrogens with one attached hydrogen (secondary N) is 1. The molecule has 4 nitrogen and oxygen atoms in total. The minimum absolute atomic E-state index is 0.225. The molecule has 0 aliphatic rings. The largest absolute Gasteiger partial charge is 0.457 e. The number of carbonyl (C=O) groups excluding carboxylic acids is 1. The second-order valence-electron chi connectivity index (χ2n) is 5.02. The highest BCUT2D eigenvalue weighted by molar-refractivity contribution is 6.01. The van der Waals surface area contributed by atoms with Crippen molar-refractivity contribution in [2.75, 3.05) is 5.32 Å². The lowest BCUT2D eigenvalue weighted by molar-refractivity contribution is -0.111. The van der Waals surface area contributed by atoms with Crippen molar-refractivity contribution in [2.24, 2.45) is 0 Å². The molecule has 0 aliphatic carbocycles. The Morgan fingerprint density at radius 3 is 2.50 bits per heavy atom. The minimum atomic E-state index is -0.225. The molecule has 0 atom stereocenters. The summed E-state index contributed by atoms with van der Waals surface area (Å²) in [6, 6.07) is 22.3. The first-order chi connectivity index (χ1) is 11.8. The molecule has 0 aliphatic heterocycles. The zero-order valence-electron chi connectivity index (χ0n) is 12.9. The Hall–Kier alpha value is -3.40. The van der Waals surface area contributed by atoms with Gasteiger partial charge in [-0.2, -0.15) is 0 Å². The van der Waals surface area contributed by atoms with E-state index in [1.807, 2.05) is 66.7 Å². The Bertz CT molecular complexity index is 831. The zero-order chi connectivity index (χ0) is 16.6. The molecule has 0 fully saturated rings. The summed E-state index contributed by atoms with van der Waals surface area (Å²) in [5.41, 5.74) is 1.40. The number of hydrogen-bond acceptors (Lipinski definition) is 3. The number of carbonyl (C=O) groups is 1. The monoisotopic (exact) mass is 316 g/mol. The minimum Gasteiger partial charge on any atom is -0.457 e. The van der Waals surface area contributed by atoms with Crippen molar-refractivity contribution in [2.45, 2.75) is 0 Å². The smallest absolute Gasteiger partial charge is 0.248 e. The zero-order valence-corrected chi connectivity index (χ0v) is 12.9. The number of anilines is 1. The lowest BCUT2D eigenvalue weighted by Crippen LogP contribution is -2.07. The molecule has 1 heterocycles. The van der Waals surface area contributed by atoms with Crippen LogP contribution in [0.2, 0.25) is 0 Å². The lowest BCUT2D eigenvalue weighted by atomic mass is 10.3. The van der Waals surface area contributed by atoms with Gasteiger partial charge in [-0.1, -0.05) is 30.3 Å². The fourth-order valence-electron chi connectivity index (χ4n) is 2.08. The van der Waals surface area contributed by atoms with E-state index in [1.165, 1.54) is 6.08 Å². The maximum absolute atomic E-state index is 12.0. The Kier molecular flexibility index (Phi) is 5.00. The quantitative estimate of drug-likeness (QED) is 0.704. The molecule has 118 valence electrons. The highest BCUT2D eigenvalue weighted by atomic mass is 16.5. The normalized spacial score (nSPS) is 10.5. The van der Waals surface area contributed by atoms with Gasteiger partial charge in [0.2, 0.25) is 5.91 Å². The van der Waals surface area contributed by atoms with Gasteiger partial charge in [-0.15, -0.1) is 0 Å². The number of amides is 1. The van der Waals surface area contributed by atoms with E-state index in [9.17, 15) is 4.79 Å². The van der Waals surface area contributed by atoms with Crippen LogP contribution in [-0.2, 0) is 4.79 Å². The molecular weight excluding hydrogens is 300 g/mol. The van der Waals surface area contributed by atoms with E-state index in [1.54, 1.807) is 18.3 Å². The lowest BCUT2D eigenvalue weighted by Gasteiger charge is -2.08. The Morgan fingerprint density at radius 2 is 1.71 bits per heavy atom. The van der Waals surface area contributed by atoms with Gasteiger partial charge in [0.1, 0.15) is 11.5 Å². The van der Waals surface area contributed by atoms with E-state index >= 15 is 0 Å². The topological polar surface area (TPSA) is 51.2 Å². The number of aromatic nitrogens is 1. The summed E-state index contributed by atoms with van der Waals surface area (Å²) in [6.07, 6.45) is 4.80. The first-order valence-electron chi connectivity index (χ1n) is 7.53. The molecule has 0 saturated carbocycles. The molecule has 24 heavy (non-hydrogen) atoms. The van der Waals surface area contributed by atoms with Crippen LogP contribution in [0.3, 0.4) is 0 Å². The van der Waals surface area contributed by atoms with Gasteiger partial charge in [0, 0.05) is 24.0 Å². The fraction of sp³-hybridized carbons (Fsp3) is 0. The molecule has 1 amide bonds. The van der Waals surface area contributed by atoms with Crippen molar-refractivity contribution < 1.29 is 9.53 Å². The number of para-hydroxylation sites is 1. The molecule has 0 bridgehead atoms. The molecule has 1 N–H and O–H groups in total. The molecular formula is C20H16N2O2. The molecule has 1 aromatic heterocycles. The van der Waals surface area contributed by atoms with Crippen LogP contribution in [0, 0.1) is 0 Å². The number of pyridine rings is 1. The molecule has 0 unspecified atom stereocenters. The summed E-state index contributed by atoms with van der Waals surface area (Å²) in [4.78, 5) is 16.1. The SMILES string of the molecule is O=C(/C=C/c1ccccn1)Nc1cccc(Oc2ccccc2)c1. The molecule has 3 aromatic rings. The first kappa shape index (κ1) is 15.5. The average Bonchev–Trinajstić information content (AvgIpc) is 2.62. The van der Waals surface area contributed by atoms with Crippen LogP contribution in [0.4, 0.5) is 5.69 Å². The molecule has 3 rings (SSSR count). The highest BCUT2D eigenvalue weighted by Gasteiger charge is 2.01. The summed E-state index contributed by atoms with van der Waals surface area (Å²) < 4.78 is 5.75. The van der Waals surface area contributed by atoms with Gasteiger partial charge >= 0.3 is 0 Å². The summed E-state index contributed by atoms with van der Waals surface area (Å²) in [5.74, 6) is 1.18. The number of rotatable bonds is 5. The van der Waals surface area contributed by atoms with Crippen LogP contribution < -0.4 is 10.1 Å². The molecule has 0 radical (unpaired) electrons. The summed E-state index contributed by atoms with van der Waals surface area (Å²) in [7, 11) is 0. The van der Waals surface area contributed by atoms with Gasteiger partial charge in [0.05, 0.1) is 5.69 Å². The highest BCUT2D eigenvalue weighted by Crippen LogP contribution is 2.23. The standard InChI is InChI=1S/C20H16N2O2/c23-20(13-12-16-7-4-5-14-21-16)22-17-8-6-11-19(15-17)24-18-9-2-1-3-10-18/h1-15H,(H,22,23)/b13-12+. The van der Waals surface area contributed by atoms with Crippen molar-refractivity contribution in [3.05, 3.63) is 90.8 Å². The summed E-state index contributed by atoms with van der Waals surface area (Å²) in [5, 5.41) is 2.80. The third-order valence-electron chi connectivity index (χ3n) is 3.17. The van der Waals surface area contributed by atoms with Gasteiger partial charge in [-0.05, 0) is 42.5 Å². The van der Waals surface area contributed by atoms with Crippen LogP contribution in [0.25, 0.3) is 6.08 Å². The van der Waals surface area contributed by atoms with E-state index in [-0.39, 0.29) is 5.91 Å². The van der Waals surface area contributed by atoms with Crippen molar-refractivity contribution >= 4 is 17.7 Å². The third kappa shape index (κ3) is 4.55. The Balaban J connectivity index is 1.64. The number of nitrogens with zero attached hydrogens (tertiary/aromatic N) is 1. The van der Waals surface area contributed by atoms with Crippen LogP contribution >= 0.6 is 0 Å². The maximum atomic E-state index is 12.0. The van der Waals surface area contributed by atoms with Crippen molar-refractivity contribution in [3.63, 3.8) is 0 Å². The van der Waals surface area contributed by atoms with Crippen LogP contribution in [-0.4, -0.2) is 10.9 Å². The third-order valence-corrected chi connectivity index (χ3v) is 3.17. The van der Waals surface area contributed by atoms with Gasteiger partial charge in [-0.3, -0.25) is 9.78 Å². The first-order valence-corrected chi connectivity index (χ1v) is 7.53. The summed E-state index contributed by atoms with van der Waals surface area (Å²) in [6.45, 7) is 0. The number of ether oxygens (including phenoxy) is 1. The van der Waals surface area contributed by atoms with Crippen LogP contribution in [0.5, 0.6) is 11.5 Å². The van der Waals surface area contributed by atoms with Crippen LogP contribution in [0.1, 0.15) is 5.69 Å². The summed E-state index contributed by atoms with van der Waals surface area (Å²) >= 11 is 0. The van der Waals surface area contributed by atoms with Crippen molar-refractivity contribution in [1.82, 2.24) is 4.98 Å². The van der Waals surface area contributed by atoms with Crippen molar-refractivity contribution in [1.29, 1.82) is 0 Å². The van der Waals surface area contributed by atoms with Gasteiger partial charge in [-0.25, -0.2) is 0 Å². The predicted molar refractivity (Wildman–Crippen MR) is 94.9 cm³/mol. The fourth-order valence-corrected chi connectivity index (χ4v) is 2.08. The van der Waals surface area contributed by atoms with E-state index in [4.69, 9.17) is 4.74 Å². The molecule has 4 heteroatoms. The van der Waals surface area contributed by atoms with Gasteiger partial charge in [0.15, 0.2) is 0 Å². The van der Waals surface area contributed by atoms with E-state index in [2.05, 4.69) is 10.3 Å². The van der Waals surface area contributed by atoms with E-state index in [0.29, 0.717) is 11.4 Å². The molecule has 0 spiro atoms. The van der Waals surface area contributed by atoms with Gasteiger partial charge in [0.25, 0.3) is 0 Å². The van der Waals surface area contributed by atoms with E-state index in [0.717, 1.165) is 11.4 Å².